The Bertz CT molecular complexity index is 1050. The first kappa shape index (κ1) is 23.9. The zero-order valence-corrected chi connectivity index (χ0v) is 18.9. The molecular formula is C23H26F4N4O4. The number of ether oxygens (including phenoxy) is 3. The number of rotatable bonds is 9. The minimum Gasteiger partial charge on any atom is -0.491 e. The molecule has 1 N–H and O–H groups in total. The third-order valence-corrected chi connectivity index (χ3v) is 6.32. The molecule has 0 radical (unpaired) electrons. The summed E-state index contributed by atoms with van der Waals surface area (Å²) in [5.41, 5.74) is 1.96. The summed E-state index contributed by atoms with van der Waals surface area (Å²) in [7, 11) is 0. The van der Waals surface area contributed by atoms with Crippen molar-refractivity contribution in [2.24, 2.45) is 0 Å². The number of carbonyl (C=O) groups excluding carboxylic acids is 1. The second kappa shape index (κ2) is 9.65. The highest BCUT2D eigenvalue weighted by atomic mass is 19.3. The van der Waals surface area contributed by atoms with Crippen molar-refractivity contribution in [2.45, 2.75) is 50.5 Å². The van der Waals surface area contributed by atoms with Crippen LogP contribution < -0.4 is 14.8 Å². The number of halogens is 4. The van der Waals surface area contributed by atoms with Crippen LogP contribution in [0.1, 0.15) is 28.0 Å². The van der Waals surface area contributed by atoms with Gasteiger partial charge in [-0.15, -0.1) is 0 Å². The van der Waals surface area contributed by atoms with Gasteiger partial charge in [-0.05, 0) is 36.5 Å². The van der Waals surface area contributed by atoms with Crippen LogP contribution in [0, 0.1) is 0 Å². The highest BCUT2D eigenvalue weighted by molar-refractivity contribution is 5.92. The lowest BCUT2D eigenvalue weighted by Gasteiger charge is -2.38. The Labute approximate surface area is 199 Å². The van der Waals surface area contributed by atoms with E-state index in [1.165, 1.54) is 0 Å². The number of benzene rings is 1. The number of fused-ring (bicyclic) bond motifs is 2. The van der Waals surface area contributed by atoms with Crippen molar-refractivity contribution in [3.63, 3.8) is 0 Å². The van der Waals surface area contributed by atoms with Gasteiger partial charge in [0.2, 0.25) is 5.88 Å². The average Bonchev–Trinajstić information content (AvgIpc) is 3.35. The van der Waals surface area contributed by atoms with E-state index in [1.54, 1.807) is 21.7 Å². The molecule has 0 bridgehead atoms. The standard InChI is InChI=1S/C23H26F4N4O4/c24-22(25)33-6-4-14-1-2-19-15(7-14)8-16(11-34-19)28-21(32)18-9-20-31(29-18)10-17(35-20)3-5-30-12-23(26,27)13-30/h1-2,7,9,16-17,22H,3-6,8,10-13H2,(H,28,32)/t16-,17?/m1/s1. The third-order valence-electron chi connectivity index (χ3n) is 6.32. The Morgan fingerprint density at radius 2 is 2.11 bits per heavy atom. The maximum Gasteiger partial charge on any atom is 0.345 e. The lowest BCUT2D eigenvalue weighted by molar-refractivity contribution is -0.131. The van der Waals surface area contributed by atoms with E-state index in [4.69, 9.17) is 9.47 Å². The quantitative estimate of drug-likeness (QED) is 0.536. The average molecular weight is 498 g/mol. The Kier molecular flexibility index (Phi) is 6.58. The number of likely N-dealkylation sites (tertiary alicyclic amines) is 1. The molecule has 1 saturated heterocycles. The molecule has 1 amide bonds. The van der Waals surface area contributed by atoms with Gasteiger partial charge < -0.3 is 19.5 Å². The van der Waals surface area contributed by atoms with E-state index < -0.39 is 12.5 Å². The second-order valence-electron chi connectivity index (χ2n) is 9.15. The van der Waals surface area contributed by atoms with Gasteiger partial charge in [0, 0.05) is 12.6 Å². The summed E-state index contributed by atoms with van der Waals surface area (Å²) in [5, 5.41) is 7.25. The number of alkyl halides is 4. The third kappa shape index (κ3) is 5.69. The molecule has 8 nitrogen and oxygen atoms in total. The van der Waals surface area contributed by atoms with Gasteiger partial charge in [0.25, 0.3) is 11.8 Å². The largest absolute Gasteiger partial charge is 0.491 e. The number of carbonyl (C=O) groups is 1. The first-order valence-electron chi connectivity index (χ1n) is 11.5. The summed E-state index contributed by atoms with van der Waals surface area (Å²) in [6.07, 6.45) is 1.33. The molecule has 5 rings (SSSR count). The van der Waals surface area contributed by atoms with Crippen molar-refractivity contribution in [1.82, 2.24) is 20.0 Å². The lowest BCUT2D eigenvalue weighted by atomic mass is 9.99. The highest BCUT2D eigenvalue weighted by Crippen LogP contribution is 2.29. The minimum atomic E-state index is -2.79. The van der Waals surface area contributed by atoms with Gasteiger partial charge in [-0.3, -0.25) is 9.69 Å². The van der Waals surface area contributed by atoms with E-state index >= 15 is 0 Å². The van der Waals surface area contributed by atoms with Gasteiger partial charge in [0.05, 0.1) is 32.3 Å². The van der Waals surface area contributed by atoms with Gasteiger partial charge in [0.15, 0.2) is 5.69 Å². The molecule has 190 valence electrons. The Morgan fingerprint density at radius 3 is 2.86 bits per heavy atom. The van der Waals surface area contributed by atoms with Crippen molar-refractivity contribution in [2.75, 3.05) is 32.8 Å². The van der Waals surface area contributed by atoms with Crippen LogP contribution in [-0.2, 0) is 24.1 Å². The molecule has 1 aromatic heterocycles. The number of nitrogens with zero attached hydrogens (tertiary/aromatic N) is 3. The van der Waals surface area contributed by atoms with Gasteiger partial charge in [-0.25, -0.2) is 13.5 Å². The van der Waals surface area contributed by atoms with Crippen LogP contribution >= 0.6 is 0 Å². The number of hydrogen-bond donors (Lipinski definition) is 1. The molecule has 2 aromatic rings. The highest BCUT2D eigenvalue weighted by Gasteiger charge is 2.43. The van der Waals surface area contributed by atoms with Crippen LogP contribution in [0.15, 0.2) is 24.3 Å². The summed E-state index contributed by atoms with van der Waals surface area (Å²) in [4.78, 5) is 14.4. The molecule has 1 fully saturated rings. The van der Waals surface area contributed by atoms with Crippen LogP contribution in [0.25, 0.3) is 0 Å². The molecule has 4 heterocycles. The summed E-state index contributed by atoms with van der Waals surface area (Å²) in [5.74, 6) is -1.75. The van der Waals surface area contributed by atoms with Crippen LogP contribution in [0.3, 0.4) is 0 Å². The smallest absolute Gasteiger partial charge is 0.345 e. The number of nitrogens with one attached hydrogen (secondary N) is 1. The Balaban J connectivity index is 1.10. The molecule has 1 aromatic carbocycles. The monoisotopic (exact) mass is 498 g/mol. The molecule has 1 unspecified atom stereocenters. The normalized spacial score (nSPS) is 22.7. The van der Waals surface area contributed by atoms with E-state index in [9.17, 15) is 22.4 Å². The van der Waals surface area contributed by atoms with E-state index in [1.807, 2.05) is 12.1 Å². The molecule has 35 heavy (non-hydrogen) atoms. The van der Waals surface area contributed by atoms with Crippen molar-refractivity contribution in [3.8, 4) is 11.6 Å². The maximum atomic E-state index is 12.9. The van der Waals surface area contributed by atoms with Crippen molar-refractivity contribution >= 4 is 5.91 Å². The molecule has 3 aliphatic heterocycles. The van der Waals surface area contributed by atoms with E-state index in [-0.39, 0.29) is 43.4 Å². The molecule has 2 atom stereocenters. The SMILES string of the molecule is O=C(N[C@H]1COc2ccc(CCOC(F)F)cc2C1)c1cc2n(n1)CC(CCN1CC(F)(F)C1)O2. The summed E-state index contributed by atoms with van der Waals surface area (Å²) < 4.78 is 67.7. The molecule has 3 aliphatic rings. The fourth-order valence-corrected chi connectivity index (χ4v) is 4.60. The van der Waals surface area contributed by atoms with Crippen molar-refractivity contribution in [3.05, 3.63) is 41.1 Å². The molecule has 0 spiro atoms. The van der Waals surface area contributed by atoms with Gasteiger partial charge >= 0.3 is 6.61 Å². The van der Waals surface area contributed by atoms with E-state index in [2.05, 4.69) is 15.2 Å². The topological polar surface area (TPSA) is 77.8 Å². The van der Waals surface area contributed by atoms with Crippen molar-refractivity contribution in [1.29, 1.82) is 0 Å². The molecular weight excluding hydrogens is 472 g/mol. The van der Waals surface area contributed by atoms with Crippen LogP contribution in [0.2, 0.25) is 0 Å². The van der Waals surface area contributed by atoms with Crippen LogP contribution in [0.4, 0.5) is 17.6 Å². The number of amides is 1. The first-order valence-corrected chi connectivity index (χ1v) is 11.5. The van der Waals surface area contributed by atoms with Crippen LogP contribution in [-0.4, -0.2) is 78.1 Å². The minimum absolute atomic E-state index is 0.0837. The fraction of sp³-hybridized carbons (Fsp3) is 0.565. The Hall–Kier alpha value is -2.86. The zero-order valence-electron chi connectivity index (χ0n) is 18.9. The summed E-state index contributed by atoms with van der Waals surface area (Å²) in [6.45, 7) is -2.00. The predicted octanol–water partition coefficient (Wildman–Crippen LogP) is 2.50. The van der Waals surface area contributed by atoms with E-state index in [0.29, 0.717) is 50.6 Å². The zero-order chi connectivity index (χ0) is 24.6. The predicted molar refractivity (Wildman–Crippen MR) is 115 cm³/mol. The van der Waals surface area contributed by atoms with Crippen LogP contribution in [0.5, 0.6) is 11.6 Å². The summed E-state index contributed by atoms with van der Waals surface area (Å²) >= 11 is 0. The Morgan fingerprint density at radius 1 is 1.29 bits per heavy atom. The number of aromatic nitrogens is 2. The second-order valence-corrected chi connectivity index (χ2v) is 9.15. The maximum absolute atomic E-state index is 12.9. The van der Waals surface area contributed by atoms with Crippen molar-refractivity contribution < 1.29 is 36.6 Å². The lowest BCUT2D eigenvalue weighted by Crippen LogP contribution is -2.56. The van der Waals surface area contributed by atoms with Gasteiger partial charge in [-0.1, -0.05) is 12.1 Å². The van der Waals surface area contributed by atoms with Gasteiger partial charge in [-0.2, -0.15) is 13.9 Å². The van der Waals surface area contributed by atoms with E-state index in [0.717, 1.165) is 11.1 Å². The first-order chi connectivity index (χ1) is 16.7. The van der Waals surface area contributed by atoms with Gasteiger partial charge in [0.1, 0.15) is 18.5 Å². The summed E-state index contributed by atoms with van der Waals surface area (Å²) in [6, 6.07) is 6.79. The molecule has 12 heteroatoms. The molecule has 0 aliphatic carbocycles. The molecule has 0 saturated carbocycles. The number of hydrogen-bond acceptors (Lipinski definition) is 6. The fourth-order valence-electron chi connectivity index (χ4n) is 4.60.